The fourth-order valence-electron chi connectivity index (χ4n) is 2.16. The van der Waals surface area contributed by atoms with Crippen LogP contribution in [-0.4, -0.2) is 28.9 Å². The highest BCUT2D eigenvalue weighted by Crippen LogP contribution is 2.14. The summed E-state index contributed by atoms with van der Waals surface area (Å²) in [7, 11) is 0. The number of hydrogen-bond acceptors (Lipinski definition) is 3. The zero-order chi connectivity index (χ0) is 15.1. The Morgan fingerprint density at radius 2 is 1.86 bits per heavy atom. The maximum atomic E-state index is 12.3. The Morgan fingerprint density at radius 1 is 1.14 bits per heavy atom. The molecule has 2 rings (SSSR count). The van der Waals surface area contributed by atoms with Crippen molar-refractivity contribution in [3.63, 3.8) is 0 Å². The van der Waals surface area contributed by atoms with Crippen molar-refractivity contribution >= 4 is 11.6 Å². The lowest BCUT2D eigenvalue weighted by atomic mass is 10.1. The zero-order valence-corrected chi connectivity index (χ0v) is 12.5. The molecule has 2 aromatic rings. The molecule has 0 atom stereocenters. The van der Waals surface area contributed by atoms with Gasteiger partial charge in [-0.1, -0.05) is 6.07 Å². The summed E-state index contributed by atoms with van der Waals surface area (Å²) in [6, 6.07) is 11.6. The van der Waals surface area contributed by atoms with E-state index in [4.69, 9.17) is 0 Å². The Balaban J connectivity index is 2.05. The number of carbonyl (C=O) groups excluding carboxylic acids is 1. The number of pyridine rings is 1. The van der Waals surface area contributed by atoms with E-state index in [9.17, 15) is 4.79 Å². The van der Waals surface area contributed by atoms with E-state index in [0.29, 0.717) is 6.54 Å². The molecule has 0 unspecified atom stereocenters. The predicted octanol–water partition coefficient (Wildman–Crippen LogP) is 3.18. The third-order valence-electron chi connectivity index (χ3n) is 3.41. The molecule has 4 heteroatoms. The lowest BCUT2D eigenvalue weighted by molar-refractivity contribution is 0.0773. The second-order valence-electron chi connectivity index (χ2n) is 4.77. The SMILES string of the molecule is CCN(CC)C(=O)c1cccc(NCc2ccncc2)c1. The summed E-state index contributed by atoms with van der Waals surface area (Å²) in [6.07, 6.45) is 3.55. The van der Waals surface area contributed by atoms with Gasteiger partial charge in [-0.15, -0.1) is 0 Å². The number of anilines is 1. The molecule has 4 nitrogen and oxygen atoms in total. The molecule has 110 valence electrons. The molecular weight excluding hydrogens is 262 g/mol. The van der Waals surface area contributed by atoms with Crippen molar-refractivity contribution in [2.45, 2.75) is 20.4 Å². The van der Waals surface area contributed by atoms with E-state index in [1.54, 1.807) is 12.4 Å². The summed E-state index contributed by atoms with van der Waals surface area (Å²) in [5.74, 6) is 0.0764. The summed E-state index contributed by atoms with van der Waals surface area (Å²) in [4.78, 5) is 18.1. The highest BCUT2D eigenvalue weighted by molar-refractivity contribution is 5.95. The summed E-state index contributed by atoms with van der Waals surface area (Å²) < 4.78 is 0. The van der Waals surface area contributed by atoms with Crippen LogP contribution in [0.25, 0.3) is 0 Å². The lowest BCUT2D eigenvalue weighted by Gasteiger charge is -2.19. The van der Waals surface area contributed by atoms with Gasteiger partial charge in [-0.25, -0.2) is 0 Å². The van der Waals surface area contributed by atoms with Gasteiger partial charge in [0.25, 0.3) is 5.91 Å². The smallest absolute Gasteiger partial charge is 0.253 e. The molecule has 0 saturated carbocycles. The standard InChI is InChI=1S/C17H21N3O/c1-3-20(4-2)17(21)15-6-5-7-16(12-15)19-13-14-8-10-18-11-9-14/h5-12,19H,3-4,13H2,1-2H3. The van der Waals surface area contributed by atoms with Crippen molar-refractivity contribution in [3.05, 3.63) is 59.9 Å². The van der Waals surface area contributed by atoms with Gasteiger partial charge in [0.1, 0.15) is 0 Å². The van der Waals surface area contributed by atoms with Gasteiger partial charge in [-0.05, 0) is 49.7 Å². The molecule has 1 heterocycles. The van der Waals surface area contributed by atoms with Crippen LogP contribution < -0.4 is 5.32 Å². The van der Waals surface area contributed by atoms with Crippen LogP contribution in [0.5, 0.6) is 0 Å². The molecule has 1 amide bonds. The first kappa shape index (κ1) is 15.0. The van der Waals surface area contributed by atoms with E-state index in [-0.39, 0.29) is 5.91 Å². The topological polar surface area (TPSA) is 45.2 Å². The van der Waals surface area contributed by atoms with E-state index in [2.05, 4.69) is 10.3 Å². The van der Waals surface area contributed by atoms with E-state index in [0.717, 1.165) is 29.9 Å². The van der Waals surface area contributed by atoms with Gasteiger partial charge >= 0.3 is 0 Å². The normalized spacial score (nSPS) is 10.2. The number of nitrogens with one attached hydrogen (secondary N) is 1. The number of amides is 1. The Kier molecular flexibility index (Phi) is 5.32. The Bertz CT molecular complexity index is 580. The van der Waals surface area contributed by atoms with Crippen LogP contribution in [0.15, 0.2) is 48.8 Å². The monoisotopic (exact) mass is 283 g/mol. The molecule has 0 aliphatic carbocycles. The van der Waals surface area contributed by atoms with Gasteiger partial charge in [0.05, 0.1) is 0 Å². The van der Waals surface area contributed by atoms with Crippen LogP contribution in [0.3, 0.4) is 0 Å². The molecule has 0 aliphatic heterocycles. The Hall–Kier alpha value is -2.36. The molecule has 1 aromatic heterocycles. The minimum Gasteiger partial charge on any atom is -0.381 e. The van der Waals surface area contributed by atoms with Crippen molar-refractivity contribution in [2.75, 3.05) is 18.4 Å². The van der Waals surface area contributed by atoms with Gasteiger partial charge in [-0.3, -0.25) is 9.78 Å². The summed E-state index contributed by atoms with van der Waals surface area (Å²) in [6.45, 7) is 6.15. The molecule has 0 saturated heterocycles. The van der Waals surface area contributed by atoms with Gasteiger partial charge in [-0.2, -0.15) is 0 Å². The summed E-state index contributed by atoms with van der Waals surface area (Å²) >= 11 is 0. The second kappa shape index (κ2) is 7.43. The number of rotatable bonds is 6. The third kappa shape index (κ3) is 4.05. The minimum atomic E-state index is 0.0764. The fourth-order valence-corrected chi connectivity index (χ4v) is 2.16. The fraction of sp³-hybridized carbons (Fsp3) is 0.294. The second-order valence-corrected chi connectivity index (χ2v) is 4.77. The molecule has 1 aromatic carbocycles. The van der Waals surface area contributed by atoms with Crippen molar-refractivity contribution in [1.82, 2.24) is 9.88 Å². The highest BCUT2D eigenvalue weighted by Gasteiger charge is 2.12. The van der Waals surface area contributed by atoms with Crippen LogP contribution in [0.2, 0.25) is 0 Å². The van der Waals surface area contributed by atoms with E-state index >= 15 is 0 Å². The first-order valence-electron chi connectivity index (χ1n) is 7.26. The van der Waals surface area contributed by atoms with Gasteiger partial charge in [0, 0.05) is 43.3 Å². The van der Waals surface area contributed by atoms with Crippen LogP contribution in [-0.2, 0) is 6.54 Å². The predicted molar refractivity (Wildman–Crippen MR) is 85.3 cm³/mol. The maximum Gasteiger partial charge on any atom is 0.253 e. The molecule has 1 N–H and O–H groups in total. The Morgan fingerprint density at radius 3 is 2.52 bits per heavy atom. The summed E-state index contributed by atoms with van der Waals surface area (Å²) in [5.41, 5.74) is 2.83. The number of benzene rings is 1. The van der Waals surface area contributed by atoms with E-state index < -0.39 is 0 Å². The lowest BCUT2D eigenvalue weighted by Crippen LogP contribution is -2.30. The Labute approximate surface area is 125 Å². The van der Waals surface area contributed by atoms with Gasteiger partial charge in [0.2, 0.25) is 0 Å². The van der Waals surface area contributed by atoms with Crippen molar-refractivity contribution in [3.8, 4) is 0 Å². The molecule has 0 bridgehead atoms. The summed E-state index contributed by atoms with van der Waals surface area (Å²) in [5, 5.41) is 3.33. The van der Waals surface area contributed by atoms with E-state index in [1.807, 2.05) is 55.1 Å². The largest absolute Gasteiger partial charge is 0.381 e. The van der Waals surface area contributed by atoms with Crippen LogP contribution in [0.1, 0.15) is 29.8 Å². The van der Waals surface area contributed by atoms with Crippen LogP contribution in [0, 0.1) is 0 Å². The van der Waals surface area contributed by atoms with E-state index in [1.165, 1.54) is 0 Å². The molecule has 0 radical (unpaired) electrons. The molecule has 21 heavy (non-hydrogen) atoms. The number of carbonyl (C=O) groups is 1. The van der Waals surface area contributed by atoms with Gasteiger partial charge in [0.15, 0.2) is 0 Å². The number of nitrogens with zero attached hydrogens (tertiary/aromatic N) is 2. The molecule has 0 fully saturated rings. The quantitative estimate of drug-likeness (QED) is 0.885. The maximum absolute atomic E-state index is 12.3. The van der Waals surface area contributed by atoms with Crippen LogP contribution >= 0.6 is 0 Å². The highest BCUT2D eigenvalue weighted by atomic mass is 16.2. The number of hydrogen-bond donors (Lipinski definition) is 1. The van der Waals surface area contributed by atoms with Crippen molar-refractivity contribution < 1.29 is 4.79 Å². The first-order valence-corrected chi connectivity index (χ1v) is 7.26. The van der Waals surface area contributed by atoms with Gasteiger partial charge < -0.3 is 10.2 Å². The molecular formula is C17H21N3O. The zero-order valence-electron chi connectivity index (χ0n) is 12.5. The minimum absolute atomic E-state index is 0.0764. The number of aromatic nitrogens is 1. The first-order chi connectivity index (χ1) is 10.2. The van der Waals surface area contributed by atoms with Crippen molar-refractivity contribution in [1.29, 1.82) is 0 Å². The average molecular weight is 283 g/mol. The van der Waals surface area contributed by atoms with Crippen molar-refractivity contribution in [2.24, 2.45) is 0 Å². The average Bonchev–Trinajstić information content (AvgIpc) is 2.55. The molecule has 0 spiro atoms. The third-order valence-corrected chi connectivity index (χ3v) is 3.41. The molecule has 0 aliphatic rings. The van der Waals surface area contributed by atoms with Crippen LogP contribution in [0.4, 0.5) is 5.69 Å².